The minimum atomic E-state index is -0.0978. The number of hydrogen-bond acceptors (Lipinski definition) is 5. The van der Waals surface area contributed by atoms with Crippen LogP contribution in [0.4, 0.5) is 5.69 Å². The van der Waals surface area contributed by atoms with Crippen LogP contribution >= 0.6 is 0 Å². The number of carbonyl (C=O) groups is 1. The molecule has 0 saturated carbocycles. The van der Waals surface area contributed by atoms with Crippen molar-refractivity contribution in [2.45, 2.75) is 20.8 Å². The Labute approximate surface area is 129 Å². The molecule has 0 spiro atoms. The van der Waals surface area contributed by atoms with E-state index in [0.717, 1.165) is 13.1 Å². The lowest BCUT2D eigenvalue weighted by atomic mass is 10.1. The maximum absolute atomic E-state index is 12.4. The topological polar surface area (TPSA) is 62.5 Å². The molecule has 2 aromatic rings. The van der Waals surface area contributed by atoms with Crippen LogP contribution in [0.25, 0.3) is 0 Å². The number of benzene rings is 1. The Morgan fingerprint density at radius 3 is 2.45 bits per heavy atom. The van der Waals surface area contributed by atoms with Gasteiger partial charge in [-0.05, 0) is 43.1 Å². The minimum Gasteiger partial charge on any atom is -0.368 e. The molecule has 1 aromatic heterocycles. The zero-order valence-electron chi connectivity index (χ0n) is 13.2. The number of aromatic nitrogens is 2. The van der Waals surface area contributed by atoms with Crippen LogP contribution < -0.4 is 4.90 Å². The Bertz CT molecular complexity index is 687. The predicted molar refractivity (Wildman–Crippen MR) is 83.1 cm³/mol. The largest absolute Gasteiger partial charge is 0.368 e. The fourth-order valence-corrected chi connectivity index (χ4v) is 2.80. The molecule has 0 unspecified atom stereocenters. The lowest BCUT2D eigenvalue weighted by Crippen LogP contribution is -2.49. The second-order valence-corrected chi connectivity index (χ2v) is 5.70. The lowest BCUT2D eigenvalue weighted by Gasteiger charge is -2.36. The number of amides is 1. The highest BCUT2D eigenvalue weighted by Gasteiger charge is 2.26. The third-order valence-corrected chi connectivity index (χ3v) is 4.34. The molecule has 1 saturated heterocycles. The smallest absolute Gasteiger partial charge is 0.278 e. The number of hydrogen-bond donors (Lipinski definition) is 0. The molecule has 6 nitrogen and oxygen atoms in total. The van der Waals surface area contributed by atoms with E-state index in [-0.39, 0.29) is 5.91 Å². The Morgan fingerprint density at radius 2 is 1.82 bits per heavy atom. The first-order valence-corrected chi connectivity index (χ1v) is 7.47. The first-order chi connectivity index (χ1) is 10.6. The van der Waals surface area contributed by atoms with Crippen molar-refractivity contribution in [3.8, 4) is 0 Å². The highest BCUT2D eigenvalue weighted by molar-refractivity contribution is 5.93. The summed E-state index contributed by atoms with van der Waals surface area (Å²) in [5.41, 5.74) is 4.72. The van der Waals surface area contributed by atoms with Crippen LogP contribution in [0.3, 0.4) is 0 Å². The van der Waals surface area contributed by atoms with Crippen LogP contribution in [0.15, 0.2) is 22.8 Å². The number of piperazine rings is 1. The van der Waals surface area contributed by atoms with Gasteiger partial charge in [-0.1, -0.05) is 17.3 Å². The summed E-state index contributed by atoms with van der Waals surface area (Å²) in [4.78, 5) is 16.5. The summed E-state index contributed by atoms with van der Waals surface area (Å²) in [6.07, 6.45) is 0. The molecule has 1 fully saturated rings. The number of anilines is 1. The van der Waals surface area contributed by atoms with Gasteiger partial charge in [-0.2, -0.15) is 0 Å². The maximum atomic E-state index is 12.4. The van der Waals surface area contributed by atoms with Gasteiger partial charge in [0.2, 0.25) is 0 Å². The zero-order chi connectivity index (χ0) is 15.7. The van der Waals surface area contributed by atoms with Gasteiger partial charge in [0, 0.05) is 31.9 Å². The van der Waals surface area contributed by atoms with Crippen LogP contribution in [0, 0.1) is 20.8 Å². The number of carbonyl (C=O) groups excluding carboxylic acids is 1. The van der Waals surface area contributed by atoms with Crippen molar-refractivity contribution >= 4 is 11.6 Å². The van der Waals surface area contributed by atoms with Gasteiger partial charge in [-0.15, -0.1) is 0 Å². The van der Waals surface area contributed by atoms with Crippen molar-refractivity contribution < 1.29 is 9.42 Å². The van der Waals surface area contributed by atoms with Crippen molar-refractivity contribution in [2.24, 2.45) is 0 Å². The van der Waals surface area contributed by atoms with Crippen LogP contribution in [0.1, 0.15) is 27.3 Å². The fourth-order valence-electron chi connectivity index (χ4n) is 2.80. The molecular weight excluding hydrogens is 280 g/mol. The second kappa shape index (κ2) is 5.79. The average molecular weight is 300 g/mol. The molecular formula is C16H20N4O2. The highest BCUT2D eigenvalue weighted by atomic mass is 16.6. The zero-order valence-corrected chi connectivity index (χ0v) is 13.2. The maximum Gasteiger partial charge on any atom is 0.278 e. The van der Waals surface area contributed by atoms with Gasteiger partial charge >= 0.3 is 0 Å². The third-order valence-electron chi connectivity index (χ3n) is 4.34. The normalized spacial score (nSPS) is 15.2. The van der Waals surface area contributed by atoms with Gasteiger partial charge in [-0.3, -0.25) is 4.79 Å². The van der Waals surface area contributed by atoms with Gasteiger partial charge in [0.25, 0.3) is 5.91 Å². The molecule has 6 heteroatoms. The molecule has 2 heterocycles. The molecule has 0 aliphatic carbocycles. The van der Waals surface area contributed by atoms with Gasteiger partial charge in [0.1, 0.15) is 5.69 Å². The minimum absolute atomic E-state index is 0.0978. The molecule has 0 N–H and O–H groups in total. The van der Waals surface area contributed by atoms with Crippen molar-refractivity contribution in [3.63, 3.8) is 0 Å². The first kappa shape index (κ1) is 14.6. The second-order valence-electron chi connectivity index (χ2n) is 5.70. The average Bonchev–Trinajstić information content (AvgIpc) is 2.96. The van der Waals surface area contributed by atoms with E-state index < -0.39 is 0 Å². The van der Waals surface area contributed by atoms with Crippen LogP contribution in [-0.2, 0) is 0 Å². The Morgan fingerprint density at radius 1 is 1.09 bits per heavy atom. The third kappa shape index (κ3) is 2.56. The van der Waals surface area contributed by atoms with E-state index in [1.54, 1.807) is 6.92 Å². The van der Waals surface area contributed by atoms with E-state index in [0.29, 0.717) is 24.5 Å². The van der Waals surface area contributed by atoms with Crippen LogP contribution in [0.5, 0.6) is 0 Å². The Kier molecular flexibility index (Phi) is 3.83. The summed E-state index contributed by atoms with van der Waals surface area (Å²) in [5, 5.41) is 7.38. The summed E-state index contributed by atoms with van der Waals surface area (Å²) in [6, 6.07) is 6.35. The predicted octanol–water partition coefficient (Wildman–Crippen LogP) is 1.96. The Hall–Kier alpha value is -2.37. The van der Waals surface area contributed by atoms with Gasteiger partial charge in [0.05, 0.1) is 0 Å². The first-order valence-electron chi connectivity index (χ1n) is 7.47. The van der Waals surface area contributed by atoms with E-state index in [4.69, 9.17) is 0 Å². The molecule has 0 radical (unpaired) electrons. The van der Waals surface area contributed by atoms with Gasteiger partial charge < -0.3 is 9.80 Å². The molecule has 1 aliphatic rings. The standard InChI is InChI=1S/C16H20N4O2/c1-11-5-4-6-14(12(11)2)19-7-9-20(10-8-19)16(21)15-13(3)17-22-18-15/h4-6H,7-10H2,1-3H3. The summed E-state index contributed by atoms with van der Waals surface area (Å²) < 4.78 is 4.62. The number of nitrogens with zero attached hydrogens (tertiary/aromatic N) is 4. The monoisotopic (exact) mass is 300 g/mol. The van der Waals surface area contributed by atoms with Gasteiger partial charge in [-0.25, -0.2) is 4.63 Å². The van der Waals surface area contributed by atoms with E-state index in [1.165, 1.54) is 16.8 Å². The molecule has 0 atom stereocenters. The molecule has 0 bridgehead atoms. The molecule has 1 amide bonds. The summed E-state index contributed by atoms with van der Waals surface area (Å²) in [6.45, 7) is 9.00. The van der Waals surface area contributed by atoms with E-state index in [1.807, 2.05) is 4.90 Å². The summed E-state index contributed by atoms with van der Waals surface area (Å²) >= 11 is 0. The fraction of sp³-hybridized carbons (Fsp3) is 0.438. The molecule has 1 aliphatic heterocycles. The lowest BCUT2D eigenvalue weighted by molar-refractivity contribution is 0.0735. The SMILES string of the molecule is Cc1cccc(N2CCN(C(=O)c3nonc3C)CC2)c1C. The van der Waals surface area contributed by atoms with Gasteiger partial charge in [0.15, 0.2) is 5.69 Å². The Balaban J connectivity index is 1.69. The summed E-state index contributed by atoms with van der Waals surface area (Å²) in [5.74, 6) is -0.0978. The van der Waals surface area contributed by atoms with E-state index in [9.17, 15) is 4.79 Å². The highest BCUT2D eigenvalue weighted by Crippen LogP contribution is 2.24. The summed E-state index contributed by atoms with van der Waals surface area (Å²) in [7, 11) is 0. The van der Waals surface area contributed by atoms with Crippen LogP contribution in [-0.4, -0.2) is 47.3 Å². The van der Waals surface area contributed by atoms with Crippen molar-refractivity contribution in [2.75, 3.05) is 31.1 Å². The van der Waals surface area contributed by atoms with E-state index >= 15 is 0 Å². The molecule has 116 valence electrons. The van der Waals surface area contributed by atoms with Crippen molar-refractivity contribution in [1.82, 2.24) is 15.2 Å². The van der Waals surface area contributed by atoms with Crippen molar-refractivity contribution in [1.29, 1.82) is 0 Å². The quantitative estimate of drug-likeness (QED) is 0.848. The number of rotatable bonds is 2. The molecule has 22 heavy (non-hydrogen) atoms. The van der Waals surface area contributed by atoms with Crippen molar-refractivity contribution in [3.05, 3.63) is 40.7 Å². The number of aryl methyl sites for hydroxylation is 2. The molecule has 1 aromatic carbocycles. The van der Waals surface area contributed by atoms with E-state index in [2.05, 4.69) is 51.9 Å². The molecule has 3 rings (SSSR count). The van der Waals surface area contributed by atoms with Crippen LogP contribution in [0.2, 0.25) is 0 Å².